The van der Waals surface area contributed by atoms with Gasteiger partial charge in [0.2, 0.25) is 0 Å². The molecule has 0 radical (unpaired) electrons. The lowest BCUT2D eigenvalue weighted by Gasteiger charge is -2.15. The highest BCUT2D eigenvalue weighted by Crippen LogP contribution is 2.38. The Balaban J connectivity index is 2.36. The molecule has 0 heterocycles. The van der Waals surface area contributed by atoms with Crippen molar-refractivity contribution in [2.75, 3.05) is 0 Å². The number of aliphatic hydroxyl groups is 1. The second-order valence-electron chi connectivity index (χ2n) is 4.35. The van der Waals surface area contributed by atoms with Gasteiger partial charge in [-0.15, -0.1) is 0 Å². The van der Waals surface area contributed by atoms with Gasteiger partial charge in [-0.05, 0) is 36.2 Å². The summed E-state index contributed by atoms with van der Waals surface area (Å²) < 4.78 is 43.9. The number of ether oxygens (including phenoxy) is 1. The van der Waals surface area contributed by atoms with Gasteiger partial charge in [0, 0.05) is 0 Å². The average Bonchev–Trinajstić information content (AvgIpc) is 2.40. The Morgan fingerprint density at radius 1 is 1.05 bits per heavy atom. The van der Waals surface area contributed by atoms with Gasteiger partial charge in [0.25, 0.3) is 0 Å². The molecule has 0 saturated heterocycles. The van der Waals surface area contributed by atoms with Gasteiger partial charge in [-0.25, -0.2) is 0 Å². The van der Waals surface area contributed by atoms with E-state index in [0.29, 0.717) is 16.9 Å². The number of aliphatic hydroxyl groups excluding tert-OH is 1. The summed E-state index contributed by atoms with van der Waals surface area (Å²) in [6.45, 7) is 1.59. The van der Waals surface area contributed by atoms with Gasteiger partial charge in [-0.3, -0.25) is 0 Å². The molecule has 0 saturated carbocycles. The first-order valence-electron chi connectivity index (χ1n) is 5.96. The molecule has 0 aliphatic rings. The molecule has 2 aromatic carbocycles. The lowest BCUT2D eigenvalue weighted by molar-refractivity contribution is -0.138. The maximum absolute atomic E-state index is 12.9. The third-order valence-electron chi connectivity index (χ3n) is 2.83. The number of para-hydroxylation sites is 1. The van der Waals surface area contributed by atoms with E-state index in [-0.39, 0.29) is 12.4 Å². The predicted molar refractivity (Wildman–Crippen MR) is 68.6 cm³/mol. The zero-order valence-electron chi connectivity index (χ0n) is 10.7. The third kappa shape index (κ3) is 3.11. The van der Waals surface area contributed by atoms with Crippen LogP contribution in [0.5, 0.6) is 11.5 Å². The Bertz CT molecular complexity index is 606. The van der Waals surface area contributed by atoms with Crippen LogP contribution < -0.4 is 4.74 Å². The topological polar surface area (TPSA) is 29.5 Å². The van der Waals surface area contributed by atoms with Crippen molar-refractivity contribution in [2.45, 2.75) is 19.7 Å². The summed E-state index contributed by atoms with van der Waals surface area (Å²) in [7, 11) is 0. The second-order valence-corrected chi connectivity index (χ2v) is 4.35. The molecule has 2 nitrogen and oxygen atoms in total. The van der Waals surface area contributed by atoms with Crippen LogP contribution in [0.1, 0.15) is 16.7 Å². The molecule has 0 aromatic heterocycles. The summed E-state index contributed by atoms with van der Waals surface area (Å²) in [6.07, 6.45) is -4.46. The lowest BCUT2D eigenvalue weighted by Crippen LogP contribution is -2.07. The Labute approximate surface area is 114 Å². The van der Waals surface area contributed by atoms with Gasteiger partial charge < -0.3 is 9.84 Å². The zero-order chi connectivity index (χ0) is 14.8. The summed E-state index contributed by atoms with van der Waals surface area (Å²) in [5.74, 6) is 0.0961. The van der Waals surface area contributed by atoms with Gasteiger partial charge in [-0.2, -0.15) is 13.2 Å². The average molecular weight is 282 g/mol. The van der Waals surface area contributed by atoms with Gasteiger partial charge in [0.05, 0.1) is 12.2 Å². The van der Waals surface area contributed by atoms with E-state index in [4.69, 9.17) is 9.84 Å². The van der Waals surface area contributed by atoms with Crippen molar-refractivity contribution in [3.8, 4) is 11.5 Å². The highest BCUT2D eigenvalue weighted by molar-refractivity contribution is 5.43. The summed E-state index contributed by atoms with van der Waals surface area (Å²) in [6, 6.07) is 9.90. The van der Waals surface area contributed by atoms with E-state index >= 15 is 0 Å². The molecule has 0 aliphatic carbocycles. The number of benzene rings is 2. The highest BCUT2D eigenvalue weighted by atomic mass is 19.4. The monoisotopic (exact) mass is 282 g/mol. The smallest absolute Gasteiger partial charge is 0.419 e. The zero-order valence-corrected chi connectivity index (χ0v) is 10.7. The fraction of sp³-hybridized carbons (Fsp3) is 0.200. The fourth-order valence-electron chi connectivity index (χ4n) is 1.83. The summed E-state index contributed by atoms with van der Waals surface area (Å²) >= 11 is 0. The SMILES string of the molecule is Cc1cc(CO)ccc1Oc1ccccc1C(F)(F)F. The van der Waals surface area contributed by atoms with Crippen molar-refractivity contribution in [1.82, 2.24) is 0 Å². The standard InChI is InChI=1S/C15H13F3O2/c1-10-8-11(9-19)6-7-13(10)20-14-5-3-2-4-12(14)15(16,17)18/h2-8,19H,9H2,1H3. The van der Waals surface area contributed by atoms with E-state index in [0.717, 1.165) is 6.07 Å². The van der Waals surface area contributed by atoms with E-state index in [1.54, 1.807) is 25.1 Å². The van der Waals surface area contributed by atoms with E-state index in [1.807, 2.05) is 0 Å². The number of aryl methyl sites for hydroxylation is 1. The van der Waals surface area contributed by atoms with E-state index in [2.05, 4.69) is 0 Å². The van der Waals surface area contributed by atoms with Crippen LogP contribution in [0.3, 0.4) is 0 Å². The Kier molecular flexibility index (Phi) is 3.99. The Morgan fingerprint density at radius 2 is 1.75 bits per heavy atom. The number of rotatable bonds is 3. The van der Waals surface area contributed by atoms with E-state index < -0.39 is 11.7 Å². The van der Waals surface area contributed by atoms with Crippen LogP contribution in [0.4, 0.5) is 13.2 Å². The van der Waals surface area contributed by atoms with Crippen LogP contribution in [0.25, 0.3) is 0 Å². The highest BCUT2D eigenvalue weighted by Gasteiger charge is 2.34. The molecule has 0 atom stereocenters. The largest absolute Gasteiger partial charge is 0.456 e. The van der Waals surface area contributed by atoms with Crippen LogP contribution in [0.2, 0.25) is 0 Å². The first-order chi connectivity index (χ1) is 9.41. The number of alkyl halides is 3. The molecule has 0 amide bonds. The van der Waals surface area contributed by atoms with Gasteiger partial charge >= 0.3 is 6.18 Å². The molecule has 2 aromatic rings. The van der Waals surface area contributed by atoms with Gasteiger partial charge in [0.1, 0.15) is 11.5 Å². The van der Waals surface area contributed by atoms with Crippen LogP contribution >= 0.6 is 0 Å². The maximum atomic E-state index is 12.9. The van der Waals surface area contributed by atoms with Crippen LogP contribution in [-0.4, -0.2) is 5.11 Å². The summed E-state index contributed by atoms with van der Waals surface area (Å²) in [4.78, 5) is 0. The molecule has 5 heteroatoms. The molecule has 0 fully saturated rings. The normalized spacial score (nSPS) is 11.4. The minimum absolute atomic E-state index is 0.125. The lowest BCUT2D eigenvalue weighted by atomic mass is 10.1. The molecule has 0 aliphatic heterocycles. The molecule has 0 unspecified atom stereocenters. The summed E-state index contributed by atoms with van der Waals surface area (Å²) in [5, 5.41) is 9.00. The number of hydrogen-bond acceptors (Lipinski definition) is 2. The molecular weight excluding hydrogens is 269 g/mol. The van der Waals surface area contributed by atoms with Crippen molar-refractivity contribution >= 4 is 0 Å². The van der Waals surface area contributed by atoms with Gasteiger partial charge in [0.15, 0.2) is 0 Å². The van der Waals surface area contributed by atoms with Crippen molar-refractivity contribution < 1.29 is 23.0 Å². The minimum atomic E-state index is -4.46. The summed E-state index contributed by atoms with van der Waals surface area (Å²) in [5.41, 5.74) is 0.526. The molecular formula is C15H13F3O2. The second kappa shape index (κ2) is 5.54. The third-order valence-corrected chi connectivity index (χ3v) is 2.83. The molecule has 106 valence electrons. The number of halogens is 3. The molecule has 2 rings (SSSR count). The van der Waals surface area contributed by atoms with Crippen LogP contribution in [0.15, 0.2) is 42.5 Å². The van der Waals surface area contributed by atoms with Crippen molar-refractivity contribution in [1.29, 1.82) is 0 Å². The molecule has 20 heavy (non-hydrogen) atoms. The van der Waals surface area contributed by atoms with Crippen molar-refractivity contribution in [3.63, 3.8) is 0 Å². The quantitative estimate of drug-likeness (QED) is 0.909. The first-order valence-corrected chi connectivity index (χ1v) is 5.96. The number of hydrogen-bond donors (Lipinski definition) is 1. The predicted octanol–water partition coefficient (Wildman–Crippen LogP) is 4.30. The van der Waals surface area contributed by atoms with Crippen molar-refractivity contribution in [3.05, 3.63) is 59.2 Å². The van der Waals surface area contributed by atoms with Crippen molar-refractivity contribution in [2.24, 2.45) is 0 Å². The van der Waals surface area contributed by atoms with Crippen LogP contribution in [-0.2, 0) is 12.8 Å². The molecule has 0 spiro atoms. The van der Waals surface area contributed by atoms with E-state index in [1.165, 1.54) is 18.2 Å². The molecule has 1 N–H and O–H groups in total. The van der Waals surface area contributed by atoms with Gasteiger partial charge in [-0.1, -0.05) is 24.3 Å². The Morgan fingerprint density at radius 3 is 2.35 bits per heavy atom. The van der Waals surface area contributed by atoms with E-state index in [9.17, 15) is 13.2 Å². The minimum Gasteiger partial charge on any atom is -0.456 e. The molecule has 0 bridgehead atoms. The first kappa shape index (κ1) is 14.4. The van der Waals surface area contributed by atoms with Crippen LogP contribution in [0, 0.1) is 6.92 Å². The maximum Gasteiger partial charge on any atom is 0.419 e. The fourth-order valence-corrected chi connectivity index (χ4v) is 1.83. The Hall–Kier alpha value is -2.01.